The number of ether oxygens (including phenoxy) is 1. The highest BCUT2D eigenvalue weighted by molar-refractivity contribution is 5.20. The van der Waals surface area contributed by atoms with E-state index in [0.717, 1.165) is 4.57 Å². The van der Waals surface area contributed by atoms with Crippen molar-refractivity contribution in [3.8, 4) is 5.88 Å². The zero-order valence-corrected chi connectivity index (χ0v) is 9.61. The van der Waals surface area contributed by atoms with Crippen LogP contribution in [0.4, 0.5) is 0 Å². The van der Waals surface area contributed by atoms with E-state index in [1.165, 1.54) is 6.92 Å². The molecule has 1 heterocycles. The molecule has 1 rings (SSSR count). The van der Waals surface area contributed by atoms with E-state index in [0.29, 0.717) is 6.61 Å². The maximum atomic E-state index is 11.4. The van der Waals surface area contributed by atoms with Gasteiger partial charge in [-0.1, -0.05) is 0 Å². The van der Waals surface area contributed by atoms with E-state index in [2.05, 4.69) is 4.98 Å². The first-order valence-electron chi connectivity index (χ1n) is 5.11. The molecule has 6 heteroatoms. The summed E-state index contributed by atoms with van der Waals surface area (Å²) in [7, 11) is 0. The fourth-order valence-electron chi connectivity index (χ4n) is 1.42. The van der Waals surface area contributed by atoms with Crippen molar-refractivity contribution in [1.82, 2.24) is 9.55 Å². The Balaban J connectivity index is 3.10. The highest BCUT2D eigenvalue weighted by Gasteiger charge is 2.12. The van der Waals surface area contributed by atoms with Gasteiger partial charge in [-0.3, -0.25) is 14.3 Å². The van der Waals surface area contributed by atoms with Gasteiger partial charge in [-0.15, -0.1) is 0 Å². The number of rotatable bonds is 4. The monoisotopic (exact) mass is 228 g/mol. The second-order valence-corrected chi connectivity index (χ2v) is 3.58. The summed E-state index contributed by atoms with van der Waals surface area (Å²) < 4.78 is 6.36. The summed E-state index contributed by atoms with van der Waals surface area (Å²) in [5.74, 6) is -0.305. The first kappa shape index (κ1) is 12.5. The molecule has 1 unspecified atom stereocenters. The third-order valence-electron chi connectivity index (χ3n) is 2.29. The Labute approximate surface area is 92.5 Å². The quantitative estimate of drug-likeness (QED) is 0.758. The van der Waals surface area contributed by atoms with Gasteiger partial charge in [-0.2, -0.15) is 0 Å². The largest absolute Gasteiger partial charge is 0.494 e. The Kier molecular flexibility index (Phi) is 3.89. The van der Waals surface area contributed by atoms with E-state index in [1.54, 1.807) is 6.92 Å². The SMILES string of the molecule is CCOC(C)Cn1c(O)c(C)c(=O)[nH]c1=O. The lowest BCUT2D eigenvalue weighted by Gasteiger charge is -2.14. The topological polar surface area (TPSA) is 84.3 Å². The second-order valence-electron chi connectivity index (χ2n) is 3.58. The number of hydrogen-bond donors (Lipinski definition) is 2. The number of aromatic nitrogens is 2. The molecule has 0 aliphatic rings. The van der Waals surface area contributed by atoms with Gasteiger partial charge in [0.15, 0.2) is 0 Å². The van der Waals surface area contributed by atoms with Gasteiger partial charge in [0.25, 0.3) is 5.56 Å². The minimum Gasteiger partial charge on any atom is -0.494 e. The first-order valence-corrected chi connectivity index (χ1v) is 5.11. The van der Waals surface area contributed by atoms with E-state index < -0.39 is 11.2 Å². The number of H-pyrrole nitrogens is 1. The highest BCUT2D eigenvalue weighted by Crippen LogP contribution is 2.09. The summed E-state index contributed by atoms with van der Waals surface area (Å²) >= 11 is 0. The van der Waals surface area contributed by atoms with Crippen LogP contribution in [0.15, 0.2) is 9.59 Å². The average Bonchev–Trinajstić information content (AvgIpc) is 2.22. The van der Waals surface area contributed by atoms with Crippen LogP contribution in [-0.2, 0) is 11.3 Å². The third kappa shape index (κ3) is 2.52. The van der Waals surface area contributed by atoms with Crippen LogP contribution in [0.2, 0.25) is 0 Å². The van der Waals surface area contributed by atoms with E-state index in [-0.39, 0.29) is 24.1 Å². The predicted molar refractivity (Wildman–Crippen MR) is 58.8 cm³/mol. The molecule has 0 amide bonds. The van der Waals surface area contributed by atoms with Crippen molar-refractivity contribution in [3.63, 3.8) is 0 Å². The molecule has 0 bridgehead atoms. The van der Waals surface area contributed by atoms with Crippen molar-refractivity contribution < 1.29 is 9.84 Å². The van der Waals surface area contributed by atoms with Crippen molar-refractivity contribution in [1.29, 1.82) is 0 Å². The van der Waals surface area contributed by atoms with Crippen molar-refractivity contribution in [3.05, 3.63) is 26.4 Å². The van der Waals surface area contributed by atoms with Crippen LogP contribution in [0.1, 0.15) is 19.4 Å². The van der Waals surface area contributed by atoms with Gasteiger partial charge in [0.2, 0.25) is 5.88 Å². The standard InChI is InChI=1S/C10H16N2O4/c1-4-16-6(2)5-12-9(14)7(3)8(13)11-10(12)15/h6,14H,4-5H2,1-3H3,(H,11,13,15). The van der Waals surface area contributed by atoms with Gasteiger partial charge >= 0.3 is 5.69 Å². The van der Waals surface area contributed by atoms with Crippen LogP contribution in [0.3, 0.4) is 0 Å². The lowest BCUT2D eigenvalue weighted by molar-refractivity contribution is 0.0611. The van der Waals surface area contributed by atoms with E-state index in [9.17, 15) is 14.7 Å². The zero-order valence-electron chi connectivity index (χ0n) is 9.61. The zero-order chi connectivity index (χ0) is 12.3. The smallest absolute Gasteiger partial charge is 0.331 e. The Morgan fingerprint density at radius 1 is 1.50 bits per heavy atom. The van der Waals surface area contributed by atoms with Crippen LogP contribution in [0.5, 0.6) is 5.88 Å². The number of nitrogens with one attached hydrogen (secondary N) is 1. The molecule has 0 saturated heterocycles. The fraction of sp³-hybridized carbons (Fsp3) is 0.600. The normalized spacial score (nSPS) is 12.7. The number of aromatic amines is 1. The van der Waals surface area contributed by atoms with Crippen molar-refractivity contribution in [2.75, 3.05) is 6.61 Å². The molecule has 0 fully saturated rings. The molecule has 90 valence electrons. The molecule has 1 aromatic rings. The summed E-state index contributed by atoms with van der Waals surface area (Å²) in [4.78, 5) is 24.7. The first-order chi connectivity index (χ1) is 7.47. The molecule has 2 N–H and O–H groups in total. The lowest BCUT2D eigenvalue weighted by atomic mass is 10.3. The maximum absolute atomic E-state index is 11.4. The molecule has 6 nitrogen and oxygen atoms in total. The molecular weight excluding hydrogens is 212 g/mol. The molecule has 1 aromatic heterocycles. The van der Waals surface area contributed by atoms with Crippen molar-refractivity contribution in [2.45, 2.75) is 33.4 Å². The van der Waals surface area contributed by atoms with Crippen LogP contribution in [0.25, 0.3) is 0 Å². The Morgan fingerprint density at radius 3 is 2.69 bits per heavy atom. The second kappa shape index (κ2) is 4.98. The Hall–Kier alpha value is -1.56. The van der Waals surface area contributed by atoms with Gasteiger partial charge in [-0.25, -0.2) is 4.79 Å². The molecule has 0 aliphatic heterocycles. The fourth-order valence-corrected chi connectivity index (χ4v) is 1.42. The molecule has 0 aromatic carbocycles. The van der Waals surface area contributed by atoms with Gasteiger partial charge < -0.3 is 9.84 Å². The number of aromatic hydroxyl groups is 1. The lowest BCUT2D eigenvalue weighted by Crippen LogP contribution is -2.34. The number of nitrogens with zero attached hydrogens (tertiary/aromatic N) is 1. The van der Waals surface area contributed by atoms with Gasteiger partial charge in [0, 0.05) is 6.61 Å². The van der Waals surface area contributed by atoms with Gasteiger partial charge in [0.1, 0.15) is 0 Å². The molecule has 0 radical (unpaired) electrons. The van der Waals surface area contributed by atoms with E-state index in [4.69, 9.17) is 4.74 Å². The summed E-state index contributed by atoms with van der Waals surface area (Å²) in [6.45, 7) is 5.82. The summed E-state index contributed by atoms with van der Waals surface area (Å²) in [6.07, 6.45) is -0.209. The average molecular weight is 228 g/mol. The van der Waals surface area contributed by atoms with Gasteiger partial charge in [-0.05, 0) is 20.8 Å². The molecular formula is C10H16N2O4. The highest BCUT2D eigenvalue weighted by atomic mass is 16.5. The van der Waals surface area contributed by atoms with Crippen LogP contribution in [-0.4, -0.2) is 27.4 Å². The summed E-state index contributed by atoms with van der Waals surface area (Å²) in [5, 5.41) is 9.66. The third-order valence-corrected chi connectivity index (χ3v) is 2.29. The minimum atomic E-state index is -0.625. The predicted octanol–water partition coefficient (Wildman–Crippen LogP) is -0.0244. The van der Waals surface area contributed by atoms with Crippen molar-refractivity contribution >= 4 is 0 Å². The summed E-state index contributed by atoms with van der Waals surface area (Å²) in [6, 6.07) is 0. The van der Waals surface area contributed by atoms with E-state index in [1.807, 2.05) is 6.92 Å². The van der Waals surface area contributed by atoms with Crippen LogP contribution >= 0.6 is 0 Å². The van der Waals surface area contributed by atoms with Crippen LogP contribution in [0, 0.1) is 6.92 Å². The minimum absolute atomic E-state index is 0.128. The van der Waals surface area contributed by atoms with Gasteiger partial charge in [0.05, 0.1) is 18.2 Å². The molecule has 1 atom stereocenters. The molecule has 16 heavy (non-hydrogen) atoms. The molecule has 0 aliphatic carbocycles. The maximum Gasteiger partial charge on any atom is 0.331 e. The summed E-state index contributed by atoms with van der Waals surface area (Å²) in [5.41, 5.74) is -1.06. The Morgan fingerprint density at radius 2 is 2.12 bits per heavy atom. The van der Waals surface area contributed by atoms with Crippen LogP contribution < -0.4 is 11.2 Å². The molecule has 0 saturated carbocycles. The number of hydrogen-bond acceptors (Lipinski definition) is 4. The van der Waals surface area contributed by atoms with E-state index >= 15 is 0 Å². The Bertz CT molecular complexity index is 475. The van der Waals surface area contributed by atoms with Crippen molar-refractivity contribution in [2.24, 2.45) is 0 Å². The molecule has 0 spiro atoms.